The minimum atomic E-state index is -0.315. The number of rotatable bonds is 4. The molecule has 0 amide bonds. The van der Waals surface area contributed by atoms with Crippen molar-refractivity contribution in [1.82, 2.24) is 5.32 Å². The highest BCUT2D eigenvalue weighted by Crippen LogP contribution is 2.29. The largest absolute Gasteiger partial charge is 0.496 e. The second-order valence-corrected chi connectivity index (χ2v) is 5.05. The SMILES string of the molecule is CNC(c1ccc(OC)c(C)c1)c1ccc(Cl)cc1F. The second-order valence-electron chi connectivity index (χ2n) is 4.62. The summed E-state index contributed by atoms with van der Waals surface area (Å²) in [5, 5.41) is 3.53. The highest BCUT2D eigenvalue weighted by molar-refractivity contribution is 6.30. The summed E-state index contributed by atoms with van der Waals surface area (Å²) >= 11 is 5.80. The summed E-state index contributed by atoms with van der Waals surface area (Å²) in [5.41, 5.74) is 2.56. The predicted molar refractivity (Wildman–Crippen MR) is 80.0 cm³/mol. The van der Waals surface area contributed by atoms with Gasteiger partial charge in [-0.2, -0.15) is 0 Å². The van der Waals surface area contributed by atoms with E-state index in [1.54, 1.807) is 26.3 Å². The molecule has 0 saturated carbocycles. The van der Waals surface area contributed by atoms with Crippen LogP contribution < -0.4 is 10.1 Å². The number of benzene rings is 2. The van der Waals surface area contributed by atoms with Gasteiger partial charge < -0.3 is 10.1 Å². The first-order valence-corrected chi connectivity index (χ1v) is 6.71. The number of ether oxygens (including phenoxy) is 1. The van der Waals surface area contributed by atoms with E-state index < -0.39 is 0 Å². The molecule has 1 unspecified atom stereocenters. The monoisotopic (exact) mass is 293 g/mol. The van der Waals surface area contributed by atoms with Crippen molar-refractivity contribution in [1.29, 1.82) is 0 Å². The summed E-state index contributed by atoms with van der Waals surface area (Å²) < 4.78 is 19.3. The molecule has 4 heteroatoms. The van der Waals surface area contributed by atoms with Crippen molar-refractivity contribution >= 4 is 11.6 Å². The smallest absolute Gasteiger partial charge is 0.129 e. The van der Waals surface area contributed by atoms with Crippen LogP contribution in [0.4, 0.5) is 4.39 Å². The topological polar surface area (TPSA) is 21.3 Å². The molecule has 20 heavy (non-hydrogen) atoms. The minimum Gasteiger partial charge on any atom is -0.496 e. The van der Waals surface area contributed by atoms with Gasteiger partial charge in [0.05, 0.1) is 13.2 Å². The van der Waals surface area contributed by atoms with E-state index in [-0.39, 0.29) is 11.9 Å². The molecule has 2 aromatic carbocycles. The Morgan fingerprint density at radius 2 is 1.95 bits per heavy atom. The van der Waals surface area contributed by atoms with E-state index in [2.05, 4.69) is 5.32 Å². The summed E-state index contributed by atoms with van der Waals surface area (Å²) in [4.78, 5) is 0. The Kier molecular flexibility index (Phi) is 4.63. The highest BCUT2D eigenvalue weighted by Gasteiger charge is 2.17. The van der Waals surface area contributed by atoms with Gasteiger partial charge >= 0.3 is 0 Å². The number of halogens is 2. The lowest BCUT2D eigenvalue weighted by Crippen LogP contribution is -2.19. The van der Waals surface area contributed by atoms with Crippen LogP contribution in [0.15, 0.2) is 36.4 Å². The van der Waals surface area contributed by atoms with Crippen molar-refractivity contribution in [2.75, 3.05) is 14.2 Å². The number of hydrogen-bond acceptors (Lipinski definition) is 2. The summed E-state index contributed by atoms with van der Waals surface area (Å²) in [6.45, 7) is 1.97. The first-order valence-electron chi connectivity index (χ1n) is 6.33. The van der Waals surface area contributed by atoms with Gasteiger partial charge in [-0.25, -0.2) is 4.39 Å². The highest BCUT2D eigenvalue weighted by atomic mass is 35.5. The third-order valence-corrected chi connectivity index (χ3v) is 3.55. The van der Waals surface area contributed by atoms with Gasteiger partial charge in [0, 0.05) is 10.6 Å². The maximum absolute atomic E-state index is 14.1. The van der Waals surface area contributed by atoms with Gasteiger partial charge in [0.15, 0.2) is 0 Å². The first kappa shape index (κ1) is 14.8. The maximum Gasteiger partial charge on any atom is 0.129 e. The Morgan fingerprint density at radius 3 is 2.50 bits per heavy atom. The lowest BCUT2D eigenvalue weighted by Gasteiger charge is -2.19. The predicted octanol–water partition coefficient (Wildman–Crippen LogP) is 4.10. The molecule has 2 nitrogen and oxygen atoms in total. The average Bonchev–Trinajstić information content (AvgIpc) is 2.42. The maximum atomic E-state index is 14.1. The molecule has 106 valence electrons. The standard InChI is InChI=1S/C16H17ClFNO/c1-10-8-11(4-7-15(10)20-3)16(19-2)13-6-5-12(17)9-14(13)18/h4-9,16,19H,1-3H3. The van der Waals surface area contributed by atoms with Gasteiger partial charge in [-0.05, 0) is 43.3 Å². The van der Waals surface area contributed by atoms with Crippen LogP contribution in [0.25, 0.3) is 0 Å². The van der Waals surface area contributed by atoms with E-state index in [0.717, 1.165) is 16.9 Å². The van der Waals surface area contributed by atoms with Crippen LogP contribution in [0, 0.1) is 12.7 Å². The van der Waals surface area contributed by atoms with Crippen LogP contribution in [-0.2, 0) is 0 Å². The zero-order valence-electron chi connectivity index (χ0n) is 11.7. The second kappa shape index (κ2) is 6.25. The quantitative estimate of drug-likeness (QED) is 0.916. The summed E-state index contributed by atoms with van der Waals surface area (Å²) in [5.74, 6) is 0.505. The van der Waals surface area contributed by atoms with Crippen LogP contribution in [-0.4, -0.2) is 14.2 Å². The van der Waals surface area contributed by atoms with E-state index in [0.29, 0.717) is 10.6 Å². The molecule has 1 atom stereocenters. The molecule has 0 bridgehead atoms. The van der Waals surface area contributed by atoms with E-state index >= 15 is 0 Å². The molecule has 2 rings (SSSR count). The molecule has 0 heterocycles. The van der Waals surface area contributed by atoms with E-state index in [1.165, 1.54) is 6.07 Å². The summed E-state index contributed by atoms with van der Waals surface area (Å²) in [7, 11) is 3.44. The Morgan fingerprint density at radius 1 is 1.20 bits per heavy atom. The minimum absolute atomic E-state index is 0.225. The fraction of sp³-hybridized carbons (Fsp3) is 0.250. The van der Waals surface area contributed by atoms with Crippen molar-refractivity contribution in [2.45, 2.75) is 13.0 Å². The summed E-state index contributed by atoms with van der Waals surface area (Å²) in [6.07, 6.45) is 0. The van der Waals surface area contributed by atoms with Crippen LogP contribution in [0.2, 0.25) is 5.02 Å². The Labute approximate surface area is 123 Å². The number of nitrogens with one attached hydrogen (secondary N) is 1. The normalized spacial score (nSPS) is 12.2. The lowest BCUT2D eigenvalue weighted by molar-refractivity contribution is 0.411. The Bertz CT molecular complexity index is 615. The molecule has 0 radical (unpaired) electrons. The molecule has 0 saturated heterocycles. The van der Waals surface area contributed by atoms with Gasteiger partial charge in [-0.3, -0.25) is 0 Å². The van der Waals surface area contributed by atoms with E-state index in [4.69, 9.17) is 16.3 Å². The molecular weight excluding hydrogens is 277 g/mol. The molecule has 0 aliphatic carbocycles. The number of aryl methyl sites for hydroxylation is 1. The summed E-state index contributed by atoms with van der Waals surface area (Å²) in [6, 6.07) is 10.3. The zero-order chi connectivity index (χ0) is 14.7. The van der Waals surface area contributed by atoms with Gasteiger partial charge in [-0.1, -0.05) is 29.8 Å². The Hall–Kier alpha value is -1.58. The van der Waals surface area contributed by atoms with Gasteiger partial charge in [0.2, 0.25) is 0 Å². The zero-order valence-corrected chi connectivity index (χ0v) is 12.5. The molecule has 1 N–H and O–H groups in total. The first-order chi connectivity index (χ1) is 9.56. The van der Waals surface area contributed by atoms with Crippen LogP contribution in [0.5, 0.6) is 5.75 Å². The number of methoxy groups -OCH3 is 1. The fourth-order valence-corrected chi connectivity index (χ4v) is 2.48. The fourth-order valence-electron chi connectivity index (χ4n) is 2.32. The lowest BCUT2D eigenvalue weighted by atomic mass is 9.96. The average molecular weight is 294 g/mol. The van der Waals surface area contributed by atoms with E-state index in [9.17, 15) is 4.39 Å². The molecule has 0 aliphatic heterocycles. The van der Waals surface area contributed by atoms with Crippen molar-refractivity contribution < 1.29 is 9.13 Å². The van der Waals surface area contributed by atoms with Crippen molar-refractivity contribution in [2.24, 2.45) is 0 Å². The third kappa shape index (κ3) is 2.94. The number of hydrogen-bond donors (Lipinski definition) is 1. The molecule has 2 aromatic rings. The molecule has 0 spiro atoms. The molecule has 0 aliphatic rings. The van der Waals surface area contributed by atoms with Gasteiger partial charge in [-0.15, -0.1) is 0 Å². The Balaban J connectivity index is 2.44. The molecule has 0 aromatic heterocycles. The van der Waals surface area contributed by atoms with E-state index in [1.807, 2.05) is 25.1 Å². The van der Waals surface area contributed by atoms with Crippen LogP contribution >= 0.6 is 11.6 Å². The molecular formula is C16H17ClFNO. The van der Waals surface area contributed by atoms with Crippen molar-refractivity contribution in [3.05, 3.63) is 63.9 Å². The van der Waals surface area contributed by atoms with Crippen LogP contribution in [0.1, 0.15) is 22.7 Å². The van der Waals surface area contributed by atoms with Crippen LogP contribution in [0.3, 0.4) is 0 Å². The molecule has 0 fully saturated rings. The van der Waals surface area contributed by atoms with Crippen molar-refractivity contribution in [3.63, 3.8) is 0 Å². The van der Waals surface area contributed by atoms with Gasteiger partial charge in [0.1, 0.15) is 11.6 Å². The van der Waals surface area contributed by atoms with Crippen molar-refractivity contribution in [3.8, 4) is 5.75 Å². The third-order valence-electron chi connectivity index (χ3n) is 3.31. The van der Waals surface area contributed by atoms with Gasteiger partial charge in [0.25, 0.3) is 0 Å².